The first-order valence-corrected chi connectivity index (χ1v) is 8.59. The van der Waals surface area contributed by atoms with Crippen molar-refractivity contribution < 1.29 is 21.6 Å². The third-order valence-corrected chi connectivity index (χ3v) is 5.41. The van der Waals surface area contributed by atoms with Crippen LogP contribution in [-0.2, 0) is 16.0 Å². The van der Waals surface area contributed by atoms with E-state index in [0.717, 1.165) is 11.6 Å². The lowest BCUT2D eigenvalue weighted by molar-refractivity contribution is -0.137. The van der Waals surface area contributed by atoms with Crippen molar-refractivity contribution in [1.82, 2.24) is 0 Å². The predicted molar refractivity (Wildman–Crippen MR) is 88.0 cm³/mol. The molecule has 1 unspecified atom stereocenters. The Balaban J connectivity index is 2.65. The van der Waals surface area contributed by atoms with E-state index in [1.165, 1.54) is 24.3 Å². The Labute approximate surface area is 147 Å². The van der Waals surface area contributed by atoms with Gasteiger partial charge in [0.05, 0.1) is 21.7 Å². The summed E-state index contributed by atoms with van der Waals surface area (Å²) in [4.78, 5) is 5.34. The minimum absolute atomic E-state index is 0.157. The number of aryl methyl sites for hydroxylation is 1. The van der Waals surface area contributed by atoms with E-state index in [1.807, 2.05) is 0 Å². The first-order chi connectivity index (χ1) is 12.1. The zero-order valence-corrected chi connectivity index (χ0v) is 14.1. The topological polar surface area (TPSA) is 87.3 Å². The van der Waals surface area contributed by atoms with Crippen molar-refractivity contribution >= 4 is 15.5 Å². The summed E-state index contributed by atoms with van der Waals surface area (Å²) in [5.41, 5.74) is 7.41. The van der Waals surface area contributed by atoms with Gasteiger partial charge in [-0.15, -0.1) is 0 Å². The van der Waals surface area contributed by atoms with E-state index in [1.54, 1.807) is 6.92 Å². The fourth-order valence-corrected chi connectivity index (χ4v) is 3.67. The highest BCUT2D eigenvalue weighted by Crippen LogP contribution is 2.39. The van der Waals surface area contributed by atoms with Gasteiger partial charge in [-0.25, -0.2) is 15.0 Å². The number of alkyl halides is 3. The predicted octanol–water partition coefficient (Wildman–Crippen LogP) is 5.35. The molecule has 0 aliphatic heterocycles. The largest absolute Gasteiger partial charge is 0.416 e. The molecule has 2 rings (SSSR count). The van der Waals surface area contributed by atoms with Gasteiger partial charge in [0, 0.05) is 4.91 Å². The van der Waals surface area contributed by atoms with Gasteiger partial charge in [-0.1, -0.05) is 22.8 Å². The highest BCUT2D eigenvalue weighted by atomic mass is 32.2. The average Bonchev–Trinajstić information content (AvgIpc) is 2.56. The maximum Gasteiger partial charge on any atom is 0.416 e. The van der Waals surface area contributed by atoms with E-state index >= 15 is 0 Å². The average molecular weight is 380 g/mol. The first kappa shape index (κ1) is 19.3. The monoisotopic (exact) mass is 380 g/mol. The fourth-order valence-electron chi connectivity index (χ4n) is 2.23. The molecule has 0 N–H and O–H groups in total. The van der Waals surface area contributed by atoms with Crippen LogP contribution in [0.15, 0.2) is 52.5 Å². The van der Waals surface area contributed by atoms with Crippen LogP contribution in [0.25, 0.3) is 15.3 Å². The molecular formula is C16H11F3N4O2S. The van der Waals surface area contributed by atoms with Crippen molar-refractivity contribution in [2.75, 3.05) is 0 Å². The van der Waals surface area contributed by atoms with Gasteiger partial charge in [-0.05, 0) is 42.8 Å². The van der Waals surface area contributed by atoms with Gasteiger partial charge in [0.25, 0.3) is 9.84 Å². The minimum atomic E-state index is -4.71. The summed E-state index contributed by atoms with van der Waals surface area (Å²) in [5.74, 6) is 0. The van der Waals surface area contributed by atoms with Crippen LogP contribution in [0.4, 0.5) is 18.9 Å². The maximum atomic E-state index is 12.8. The molecule has 0 heterocycles. The van der Waals surface area contributed by atoms with Gasteiger partial charge in [0.1, 0.15) is 0 Å². The molecule has 2 aromatic rings. The molecule has 0 amide bonds. The normalized spacial score (nSPS) is 12.7. The summed E-state index contributed by atoms with van der Waals surface area (Å²) < 4.78 is 64.0. The number of halogens is 3. The zero-order chi connectivity index (χ0) is 19.5. The molecule has 134 valence electrons. The van der Waals surface area contributed by atoms with E-state index in [9.17, 15) is 21.6 Å². The quantitative estimate of drug-likeness (QED) is 0.310. The molecule has 0 aromatic heterocycles. The maximum absolute atomic E-state index is 12.8. The van der Waals surface area contributed by atoms with Crippen molar-refractivity contribution in [3.63, 3.8) is 0 Å². The van der Waals surface area contributed by atoms with Crippen LogP contribution in [0.2, 0.25) is 0 Å². The Hall–Kier alpha value is -3.02. The SMILES string of the molecule is [C-]#[N+]C(c1ccc(C(F)(F)F)cc1N=[N+]=[N-])S(=O)(=O)c1ccc(C)cc1. The van der Waals surface area contributed by atoms with E-state index < -0.39 is 32.6 Å². The highest BCUT2D eigenvalue weighted by Gasteiger charge is 2.38. The Morgan fingerprint density at radius 1 is 1.15 bits per heavy atom. The lowest BCUT2D eigenvalue weighted by atomic mass is 10.1. The van der Waals surface area contributed by atoms with Crippen LogP contribution in [0.1, 0.15) is 22.1 Å². The fraction of sp³-hybridized carbons (Fsp3) is 0.188. The number of rotatable bonds is 4. The summed E-state index contributed by atoms with van der Waals surface area (Å²) in [5, 5.41) is 1.30. The number of hydrogen-bond acceptors (Lipinski definition) is 3. The Morgan fingerprint density at radius 2 is 1.77 bits per heavy atom. The molecule has 26 heavy (non-hydrogen) atoms. The molecule has 6 nitrogen and oxygen atoms in total. The van der Waals surface area contributed by atoms with Gasteiger partial charge in [0.2, 0.25) is 0 Å². The van der Waals surface area contributed by atoms with Crippen LogP contribution in [0, 0.1) is 13.5 Å². The van der Waals surface area contributed by atoms with Crippen LogP contribution in [-0.4, -0.2) is 8.42 Å². The lowest BCUT2D eigenvalue weighted by Gasteiger charge is -2.13. The summed E-state index contributed by atoms with van der Waals surface area (Å²) in [6.07, 6.45) is -4.71. The third-order valence-electron chi connectivity index (χ3n) is 3.54. The molecule has 0 aliphatic rings. The van der Waals surface area contributed by atoms with Gasteiger partial charge >= 0.3 is 11.6 Å². The number of hydrogen-bond donors (Lipinski definition) is 0. The van der Waals surface area contributed by atoms with Crippen molar-refractivity contribution in [3.8, 4) is 0 Å². The van der Waals surface area contributed by atoms with Gasteiger partial charge in [0.15, 0.2) is 0 Å². The van der Waals surface area contributed by atoms with E-state index in [2.05, 4.69) is 14.9 Å². The van der Waals surface area contributed by atoms with Crippen LogP contribution >= 0.6 is 0 Å². The molecule has 0 fully saturated rings. The number of benzene rings is 2. The molecule has 1 atom stereocenters. The van der Waals surface area contributed by atoms with E-state index in [4.69, 9.17) is 12.1 Å². The molecule has 0 bridgehead atoms. The van der Waals surface area contributed by atoms with Crippen molar-refractivity contribution in [3.05, 3.63) is 81.0 Å². The van der Waals surface area contributed by atoms with Gasteiger partial charge < -0.3 is 0 Å². The molecule has 2 aromatic carbocycles. The summed E-state index contributed by atoms with van der Waals surface area (Å²) in [6, 6.07) is 7.71. The van der Waals surface area contributed by atoms with Crippen LogP contribution < -0.4 is 0 Å². The number of sulfone groups is 1. The molecule has 0 saturated heterocycles. The van der Waals surface area contributed by atoms with Crippen molar-refractivity contribution in [2.45, 2.75) is 23.4 Å². The summed E-state index contributed by atoms with van der Waals surface area (Å²) in [7, 11) is -4.23. The highest BCUT2D eigenvalue weighted by molar-refractivity contribution is 7.91. The van der Waals surface area contributed by atoms with Crippen molar-refractivity contribution in [1.29, 1.82) is 0 Å². The Bertz CT molecular complexity index is 1020. The second kappa shape index (κ2) is 7.07. The zero-order valence-electron chi connectivity index (χ0n) is 13.3. The molecule has 0 radical (unpaired) electrons. The lowest BCUT2D eigenvalue weighted by Crippen LogP contribution is -2.12. The minimum Gasteiger partial charge on any atom is -0.291 e. The van der Waals surface area contributed by atoms with Crippen molar-refractivity contribution in [2.24, 2.45) is 5.11 Å². The second-order valence-electron chi connectivity index (χ2n) is 5.30. The molecule has 10 heteroatoms. The smallest absolute Gasteiger partial charge is 0.291 e. The Kier molecular flexibility index (Phi) is 5.25. The summed E-state index contributed by atoms with van der Waals surface area (Å²) >= 11 is 0. The van der Waals surface area contributed by atoms with Gasteiger partial charge in [-0.3, -0.25) is 4.85 Å². The summed E-state index contributed by atoms with van der Waals surface area (Å²) in [6.45, 7) is 8.99. The van der Waals surface area contributed by atoms with Gasteiger partial charge in [-0.2, -0.15) is 13.2 Å². The number of nitrogens with zero attached hydrogens (tertiary/aromatic N) is 4. The third kappa shape index (κ3) is 3.79. The molecule has 0 saturated carbocycles. The molecule has 0 spiro atoms. The standard InChI is InChI=1S/C16H11F3N4O2S/c1-10-3-6-12(7-4-10)26(24,25)15(21-2)13-8-5-11(16(17,18)19)9-14(13)22-23-20/h3-9,15H,1H3. The first-order valence-electron chi connectivity index (χ1n) is 7.04. The molecule has 0 aliphatic carbocycles. The second-order valence-corrected chi connectivity index (χ2v) is 7.31. The van der Waals surface area contributed by atoms with Crippen LogP contribution in [0.5, 0.6) is 0 Å². The Morgan fingerprint density at radius 3 is 2.27 bits per heavy atom. The van der Waals surface area contributed by atoms with Crippen LogP contribution in [0.3, 0.4) is 0 Å². The number of azide groups is 1. The molecular weight excluding hydrogens is 369 g/mol. The van der Waals surface area contributed by atoms with E-state index in [-0.39, 0.29) is 10.5 Å². The van der Waals surface area contributed by atoms with E-state index in [0.29, 0.717) is 12.1 Å².